The number of hydrogen-bond donors (Lipinski definition) is 1. The van der Waals surface area contributed by atoms with Gasteiger partial charge in [0.15, 0.2) is 5.65 Å². The molecule has 5 aromatic rings. The summed E-state index contributed by atoms with van der Waals surface area (Å²) in [6.45, 7) is 0.773. The van der Waals surface area contributed by atoms with E-state index in [1.165, 1.54) is 12.4 Å². The number of benzene rings is 1. The highest BCUT2D eigenvalue weighted by Crippen LogP contribution is 2.30. The molecule has 0 atom stereocenters. The second kappa shape index (κ2) is 9.42. The molecule has 0 saturated carbocycles. The van der Waals surface area contributed by atoms with Crippen molar-refractivity contribution >= 4 is 17.5 Å². The first-order valence-corrected chi connectivity index (χ1v) is 10.2. The van der Waals surface area contributed by atoms with Gasteiger partial charge in [-0.2, -0.15) is 10.1 Å². The first kappa shape index (κ1) is 21.2. The number of ether oxygens (including phenoxy) is 2. The van der Waals surface area contributed by atoms with E-state index in [-0.39, 0.29) is 17.7 Å². The van der Waals surface area contributed by atoms with Crippen LogP contribution in [0.2, 0.25) is 0 Å². The fraction of sp³-hybridized carbons (Fsp3) is 0.136. The van der Waals surface area contributed by atoms with Crippen molar-refractivity contribution < 1.29 is 18.8 Å². The van der Waals surface area contributed by atoms with Gasteiger partial charge in [0.1, 0.15) is 12.4 Å². The number of methoxy groups -OCH3 is 1. The normalized spacial score (nSPS) is 11.0. The molecule has 0 radical (unpaired) electrons. The number of anilines is 1. The van der Waals surface area contributed by atoms with E-state index in [9.17, 15) is 4.79 Å². The molecule has 0 spiro atoms. The number of hydrogen-bond acceptors (Lipinski definition) is 10. The van der Waals surface area contributed by atoms with Crippen LogP contribution in [-0.2, 0) is 4.74 Å². The molecular weight excluding hydrogens is 440 g/mol. The Labute approximate surface area is 192 Å². The van der Waals surface area contributed by atoms with E-state index >= 15 is 0 Å². The maximum absolute atomic E-state index is 12.4. The van der Waals surface area contributed by atoms with Crippen LogP contribution in [0.15, 0.2) is 65.7 Å². The molecule has 12 nitrogen and oxygen atoms in total. The summed E-state index contributed by atoms with van der Waals surface area (Å²) in [6.07, 6.45) is 6.50. The number of rotatable bonds is 8. The van der Waals surface area contributed by atoms with Crippen molar-refractivity contribution in [3.8, 4) is 28.4 Å². The molecule has 5 rings (SSSR count). The highest BCUT2D eigenvalue weighted by Gasteiger charge is 2.19. The maximum atomic E-state index is 12.4. The van der Waals surface area contributed by atoms with Crippen LogP contribution in [0.1, 0.15) is 10.7 Å². The number of amides is 1. The quantitative estimate of drug-likeness (QED) is 0.345. The Balaban J connectivity index is 1.47. The minimum absolute atomic E-state index is 0.128. The van der Waals surface area contributed by atoms with Gasteiger partial charge < -0.3 is 14.0 Å². The molecule has 4 aromatic heterocycles. The molecule has 0 saturated heterocycles. The van der Waals surface area contributed by atoms with Gasteiger partial charge in [-0.1, -0.05) is 5.16 Å². The fourth-order valence-electron chi connectivity index (χ4n) is 3.12. The predicted octanol–water partition coefficient (Wildman–Crippen LogP) is 2.51. The van der Waals surface area contributed by atoms with Gasteiger partial charge in [0.05, 0.1) is 18.5 Å². The third-order valence-corrected chi connectivity index (χ3v) is 4.66. The lowest BCUT2D eigenvalue weighted by molar-refractivity contribution is 0.0980. The van der Waals surface area contributed by atoms with Gasteiger partial charge in [0, 0.05) is 36.8 Å². The molecule has 0 bridgehead atoms. The summed E-state index contributed by atoms with van der Waals surface area (Å²) in [7, 11) is 1.60. The second-order valence-electron chi connectivity index (χ2n) is 6.99. The molecule has 4 heterocycles. The average Bonchev–Trinajstić information content (AvgIpc) is 3.53. The summed E-state index contributed by atoms with van der Waals surface area (Å²) in [6, 6.07) is 10.7. The van der Waals surface area contributed by atoms with Crippen LogP contribution in [0.5, 0.6) is 5.75 Å². The van der Waals surface area contributed by atoms with E-state index in [2.05, 4.69) is 35.5 Å². The third kappa shape index (κ3) is 4.56. The van der Waals surface area contributed by atoms with Crippen LogP contribution in [0.3, 0.4) is 0 Å². The zero-order chi connectivity index (χ0) is 23.3. The number of carbonyl (C=O) groups is 1. The Hall–Kier alpha value is -4.71. The van der Waals surface area contributed by atoms with Gasteiger partial charge >= 0.3 is 11.8 Å². The molecule has 0 aliphatic rings. The van der Waals surface area contributed by atoms with E-state index in [0.717, 1.165) is 5.56 Å². The van der Waals surface area contributed by atoms with Crippen LogP contribution < -0.4 is 10.1 Å². The zero-order valence-electron chi connectivity index (χ0n) is 18.0. The Morgan fingerprint density at radius 2 is 1.91 bits per heavy atom. The molecule has 1 aromatic carbocycles. The molecule has 12 heteroatoms. The molecular formula is C22H18N8O4. The minimum atomic E-state index is -0.621. The Bertz CT molecular complexity index is 1400. The first-order valence-electron chi connectivity index (χ1n) is 10.2. The maximum Gasteiger partial charge on any atom is 0.316 e. The SMILES string of the molecule is COCCOc1cc(-c2cn3ncccc3n2)cc(-c2noc(C(=O)Nc3ncccn3)n2)c1. The number of aromatic nitrogens is 7. The van der Waals surface area contributed by atoms with Crippen molar-refractivity contribution in [2.75, 3.05) is 25.6 Å². The van der Waals surface area contributed by atoms with Crippen LogP contribution in [-0.4, -0.2) is 60.9 Å². The summed E-state index contributed by atoms with van der Waals surface area (Å²) >= 11 is 0. The molecule has 170 valence electrons. The lowest BCUT2D eigenvalue weighted by Gasteiger charge is -2.09. The van der Waals surface area contributed by atoms with Crippen molar-refractivity contribution in [2.24, 2.45) is 0 Å². The minimum Gasteiger partial charge on any atom is -0.491 e. The van der Waals surface area contributed by atoms with Crippen LogP contribution in [0, 0.1) is 0 Å². The van der Waals surface area contributed by atoms with Crippen molar-refractivity contribution in [1.82, 2.24) is 34.7 Å². The molecule has 0 aliphatic carbocycles. The van der Waals surface area contributed by atoms with E-state index in [4.69, 9.17) is 14.0 Å². The van der Waals surface area contributed by atoms with Gasteiger partial charge in [0.2, 0.25) is 11.8 Å². The summed E-state index contributed by atoms with van der Waals surface area (Å²) in [4.78, 5) is 29.2. The number of nitrogens with one attached hydrogen (secondary N) is 1. The monoisotopic (exact) mass is 458 g/mol. The average molecular weight is 458 g/mol. The molecule has 0 fully saturated rings. The second-order valence-corrected chi connectivity index (χ2v) is 6.99. The molecule has 0 aliphatic heterocycles. The number of carbonyl (C=O) groups excluding carboxylic acids is 1. The Morgan fingerprint density at radius 1 is 1.06 bits per heavy atom. The van der Waals surface area contributed by atoms with E-state index < -0.39 is 5.91 Å². The lowest BCUT2D eigenvalue weighted by Crippen LogP contribution is -2.14. The smallest absolute Gasteiger partial charge is 0.316 e. The van der Waals surface area contributed by atoms with E-state index in [0.29, 0.717) is 35.9 Å². The van der Waals surface area contributed by atoms with Crippen molar-refractivity contribution in [3.05, 3.63) is 67.1 Å². The van der Waals surface area contributed by atoms with Crippen molar-refractivity contribution in [3.63, 3.8) is 0 Å². The third-order valence-electron chi connectivity index (χ3n) is 4.66. The molecule has 1 N–H and O–H groups in total. The van der Waals surface area contributed by atoms with Gasteiger partial charge in [-0.15, -0.1) is 0 Å². The van der Waals surface area contributed by atoms with Crippen molar-refractivity contribution in [1.29, 1.82) is 0 Å². The summed E-state index contributed by atoms with van der Waals surface area (Å²) in [5.41, 5.74) is 2.71. The van der Waals surface area contributed by atoms with Gasteiger partial charge in [-0.05, 0) is 36.4 Å². The Kier molecular flexibility index (Phi) is 5.86. The number of nitrogens with zero attached hydrogens (tertiary/aromatic N) is 7. The zero-order valence-corrected chi connectivity index (χ0v) is 18.0. The highest BCUT2D eigenvalue weighted by molar-refractivity contribution is 5.99. The van der Waals surface area contributed by atoms with Crippen molar-refractivity contribution in [2.45, 2.75) is 0 Å². The molecule has 1 amide bonds. The largest absolute Gasteiger partial charge is 0.491 e. The standard InChI is InChI=1S/C22H18N8O4/c1-32-8-9-33-16-11-14(17-13-30-18(26-17)4-2-7-25-30)10-15(12-16)19-27-21(34-29-19)20(31)28-22-23-5-3-6-24-22/h2-7,10-13H,8-9H2,1H3,(H,23,24,28,31). The van der Waals surface area contributed by atoms with Gasteiger partial charge in [-0.25, -0.2) is 19.5 Å². The van der Waals surface area contributed by atoms with Crippen LogP contribution in [0.4, 0.5) is 5.95 Å². The number of fused-ring (bicyclic) bond motifs is 1. The predicted molar refractivity (Wildman–Crippen MR) is 119 cm³/mol. The van der Waals surface area contributed by atoms with Crippen LogP contribution in [0.25, 0.3) is 28.3 Å². The summed E-state index contributed by atoms with van der Waals surface area (Å²) in [5.74, 6) is 0.0433. The van der Waals surface area contributed by atoms with Crippen LogP contribution >= 0.6 is 0 Å². The molecule has 0 unspecified atom stereocenters. The van der Waals surface area contributed by atoms with E-state index in [1.807, 2.05) is 30.5 Å². The fourth-order valence-corrected chi connectivity index (χ4v) is 3.12. The summed E-state index contributed by atoms with van der Waals surface area (Å²) in [5, 5.41) is 10.7. The lowest BCUT2D eigenvalue weighted by atomic mass is 10.1. The van der Waals surface area contributed by atoms with Gasteiger partial charge in [0.25, 0.3) is 0 Å². The summed E-state index contributed by atoms with van der Waals surface area (Å²) < 4.78 is 17.7. The number of imidazole rings is 1. The molecule has 34 heavy (non-hydrogen) atoms. The van der Waals surface area contributed by atoms with Gasteiger partial charge in [-0.3, -0.25) is 10.1 Å². The first-order chi connectivity index (χ1) is 16.7. The topological polar surface area (TPSA) is 142 Å². The Morgan fingerprint density at radius 3 is 2.74 bits per heavy atom. The highest BCUT2D eigenvalue weighted by atomic mass is 16.5. The van der Waals surface area contributed by atoms with E-state index in [1.54, 1.807) is 30.0 Å².